The van der Waals surface area contributed by atoms with Crippen LogP contribution in [-0.4, -0.2) is 62.5 Å². The number of carbonyl (C=O) groups excluding carboxylic acids is 1. The van der Waals surface area contributed by atoms with Crippen molar-refractivity contribution < 1.29 is 18.4 Å². The van der Waals surface area contributed by atoms with E-state index in [1.807, 2.05) is 25.2 Å². The third-order valence-electron chi connectivity index (χ3n) is 8.31. The predicted octanol–water partition coefficient (Wildman–Crippen LogP) is 4.51. The van der Waals surface area contributed by atoms with Gasteiger partial charge in [0.25, 0.3) is 5.91 Å². The van der Waals surface area contributed by atoms with Crippen LogP contribution >= 0.6 is 0 Å². The molecule has 5 aromatic rings. The second kappa shape index (κ2) is 10.3. The van der Waals surface area contributed by atoms with Gasteiger partial charge in [-0.3, -0.25) is 4.79 Å². The number of hydrogen-bond acceptors (Lipinski definition) is 6. The molecular weight excluding hydrogens is 523 g/mol. The van der Waals surface area contributed by atoms with E-state index < -0.39 is 12.7 Å². The van der Waals surface area contributed by atoms with Gasteiger partial charge in [-0.05, 0) is 55.0 Å². The number of carbonyl (C=O) groups is 1. The minimum atomic E-state index is -0.671. The molecule has 1 amide bonds. The molecule has 10 heteroatoms. The van der Waals surface area contributed by atoms with E-state index in [9.17, 15) is 9.18 Å². The maximum atomic E-state index is 13.3. The zero-order chi connectivity index (χ0) is 28.1. The summed E-state index contributed by atoms with van der Waals surface area (Å²) in [5.41, 5.74) is 12.3. The highest BCUT2D eigenvalue weighted by Crippen LogP contribution is 2.39. The number of nitrogens with zero attached hydrogens (tertiary/aromatic N) is 5. The van der Waals surface area contributed by atoms with E-state index >= 15 is 0 Å². The number of amides is 1. The highest BCUT2D eigenvalue weighted by molar-refractivity contribution is 6.01. The molecule has 1 aliphatic heterocycles. The van der Waals surface area contributed by atoms with Crippen molar-refractivity contribution >= 4 is 27.8 Å². The number of hydrogen-bond donors (Lipinski definition) is 1. The first-order valence-corrected chi connectivity index (χ1v) is 14.2. The van der Waals surface area contributed by atoms with E-state index in [0.29, 0.717) is 37.5 Å². The summed E-state index contributed by atoms with van der Waals surface area (Å²) in [6.07, 6.45) is 7.21. The Balaban J connectivity index is 1.27. The van der Waals surface area contributed by atoms with Gasteiger partial charge < -0.3 is 29.0 Å². The summed E-state index contributed by atoms with van der Waals surface area (Å²) in [5, 5.41) is 4.88. The minimum absolute atomic E-state index is 0.111. The van der Waals surface area contributed by atoms with Gasteiger partial charge in [-0.1, -0.05) is 17.3 Å². The minimum Gasteiger partial charge on any atom is -0.491 e. The third kappa shape index (κ3) is 4.76. The third-order valence-corrected chi connectivity index (χ3v) is 8.31. The monoisotopic (exact) mass is 556 g/mol. The molecule has 4 heterocycles. The fraction of sp³-hybridized carbons (Fsp3) is 0.387. The molecule has 1 unspecified atom stereocenters. The summed E-state index contributed by atoms with van der Waals surface area (Å²) < 4.78 is 28.8. The smallest absolute Gasteiger partial charge is 0.254 e. The highest BCUT2D eigenvalue weighted by atomic mass is 19.1. The van der Waals surface area contributed by atoms with Gasteiger partial charge in [-0.2, -0.15) is 0 Å². The number of para-hydroxylation sites is 1. The molecule has 1 atom stereocenters. The SMILES string of the molecule is Cn1c(-c2cc3cccc(OCCc4cnoc4)c3n2CC2CC2)nc2cc3c(cc21)CCN(CC(N)CF)C3=O. The Morgan fingerprint density at radius 3 is 2.90 bits per heavy atom. The normalized spacial score (nSPS) is 16.1. The summed E-state index contributed by atoms with van der Waals surface area (Å²) in [6.45, 7) is 1.51. The van der Waals surface area contributed by atoms with Crippen molar-refractivity contribution in [3.63, 3.8) is 0 Å². The van der Waals surface area contributed by atoms with Crippen LogP contribution in [0.2, 0.25) is 0 Å². The molecule has 2 aliphatic rings. The van der Waals surface area contributed by atoms with Gasteiger partial charge in [0.15, 0.2) is 5.82 Å². The van der Waals surface area contributed by atoms with E-state index in [1.165, 1.54) is 12.8 Å². The van der Waals surface area contributed by atoms with E-state index in [1.54, 1.807) is 17.4 Å². The lowest BCUT2D eigenvalue weighted by Gasteiger charge is -2.30. The lowest BCUT2D eigenvalue weighted by Crippen LogP contribution is -2.45. The van der Waals surface area contributed by atoms with Crippen LogP contribution < -0.4 is 10.5 Å². The van der Waals surface area contributed by atoms with Gasteiger partial charge in [0.05, 0.1) is 41.1 Å². The van der Waals surface area contributed by atoms with E-state index in [4.69, 9.17) is 20.0 Å². The van der Waals surface area contributed by atoms with Crippen LogP contribution in [0, 0.1) is 5.92 Å². The van der Waals surface area contributed by atoms with Crippen molar-refractivity contribution in [3.8, 4) is 17.3 Å². The topological polar surface area (TPSA) is 104 Å². The van der Waals surface area contributed by atoms with Crippen molar-refractivity contribution in [2.24, 2.45) is 18.7 Å². The number of fused-ring (bicyclic) bond motifs is 3. The molecule has 0 saturated heterocycles. The fourth-order valence-electron chi connectivity index (χ4n) is 5.92. The predicted molar refractivity (Wildman–Crippen MR) is 154 cm³/mol. The number of rotatable bonds is 10. The van der Waals surface area contributed by atoms with Crippen molar-refractivity contribution in [1.82, 2.24) is 24.2 Å². The highest BCUT2D eigenvalue weighted by Gasteiger charge is 2.29. The quantitative estimate of drug-likeness (QED) is 0.272. The molecule has 0 radical (unpaired) electrons. The molecule has 3 aromatic heterocycles. The Morgan fingerprint density at radius 1 is 1.24 bits per heavy atom. The number of alkyl halides is 1. The van der Waals surface area contributed by atoms with E-state index in [-0.39, 0.29) is 12.5 Å². The van der Waals surface area contributed by atoms with Gasteiger partial charge >= 0.3 is 0 Å². The first-order valence-electron chi connectivity index (χ1n) is 14.2. The Hall–Kier alpha value is -4.18. The van der Waals surface area contributed by atoms with Crippen molar-refractivity contribution in [1.29, 1.82) is 0 Å². The Labute approximate surface area is 236 Å². The molecule has 0 spiro atoms. The first kappa shape index (κ1) is 25.8. The molecule has 1 aliphatic carbocycles. The van der Waals surface area contributed by atoms with Crippen LogP contribution in [-0.2, 0) is 26.4 Å². The molecule has 1 fully saturated rings. The molecule has 2 N–H and O–H groups in total. The molecule has 0 bridgehead atoms. The van der Waals surface area contributed by atoms with Crippen LogP contribution in [0.3, 0.4) is 0 Å². The molecule has 212 valence electrons. The summed E-state index contributed by atoms with van der Waals surface area (Å²) >= 11 is 0. The largest absolute Gasteiger partial charge is 0.491 e. The number of halogens is 1. The second-order valence-electron chi connectivity index (χ2n) is 11.3. The number of benzene rings is 2. The second-order valence-corrected chi connectivity index (χ2v) is 11.3. The molecule has 1 saturated carbocycles. The Morgan fingerprint density at radius 2 is 2.12 bits per heavy atom. The lowest BCUT2D eigenvalue weighted by atomic mass is 9.97. The number of aryl methyl sites for hydroxylation is 1. The molecule has 41 heavy (non-hydrogen) atoms. The Kier molecular flexibility index (Phi) is 6.50. The summed E-state index contributed by atoms with van der Waals surface area (Å²) in [5.74, 6) is 2.21. The van der Waals surface area contributed by atoms with Crippen molar-refractivity contribution in [2.75, 3.05) is 26.4 Å². The molecule has 7 rings (SSSR count). The zero-order valence-corrected chi connectivity index (χ0v) is 23.1. The zero-order valence-electron chi connectivity index (χ0n) is 23.1. The number of ether oxygens (including phenoxy) is 1. The van der Waals surface area contributed by atoms with Gasteiger partial charge in [0.2, 0.25) is 0 Å². The molecular formula is C31H33FN6O3. The van der Waals surface area contributed by atoms with Gasteiger partial charge in [0.1, 0.15) is 18.7 Å². The van der Waals surface area contributed by atoms with Crippen molar-refractivity contribution in [3.05, 3.63) is 65.5 Å². The van der Waals surface area contributed by atoms with Crippen molar-refractivity contribution in [2.45, 2.75) is 38.3 Å². The Bertz CT molecular complexity index is 1740. The van der Waals surface area contributed by atoms with Gasteiger partial charge in [0, 0.05) is 49.6 Å². The van der Waals surface area contributed by atoms with Crippen LogP contribution in [0.15, 0.2) is 53.4 Å². The maximum Gasteiger partial charge on any atom is 0.254 e. The number of aromatic nitrogens is 4. The van der Waals surface area contributed by atoms with Gasteiger partial charge in [-0.15, -0.1) is 0 Å². The fourth-order valence-corrected chi connectivity index (χ4v) is 5.92. The van der Waals surface area contributed by atoms with Crippen LogP contribution in [0.25, 0.3) is 33.5 Å². The average Bonchev–Trinajstić information content (AvgIpc) is 3.35. The van der Waals surface area contributed by atoms with E-state index in [2.05, 4.69) is 32.5 Å². The lowest BCUT2D eigenvalue weighted by molar-refractivity contribution is 0.0725. The summed E-state index contributed by atoms with van der Waals surface area (Å²) in [7, 11) is 2.03. The number of nitrogens with two attached hydrogens (primary N) is 1. The summed E-state index contributed by atoms with van der Waals surface area (Å²) in [6, 6.07) is 11.7. The maximum absolute atomic E-state index is 13.3. The summed E-state index contributed by atoms with van der Waals surface area (Å²) in [4.78, 5) is 20.0. The van der Waals surface area contributed by atoms with Crippen LogP contribution in [0.1, 0.15) is 34.3 Å². The number of imidazole rings is 1. The van der Waals surface area contributed by atoms with Gasteiger partial charge in [-0.25, -0.2) is 9.37 Å². The molecule has 9 nitrogen and oxygen atoms in total. The molecule has 2 aromatic carbocycles. The first-order chi connectivity index (χ1) is 20.0. The standard InChI is InChI=1S/C31H33FN6O3/c1-36-26-11-21-7-9-37(17-23(33)14-32)31(39)24(21)13-25(26)35-30(36)27-12-22-3-2-4-28(29(22)38(27)16-19-5-6-19)40-10-8-20-15-34-41-18-20/h2-4,11-13,15,18-19,23H,5-10,14,16-17,33H2,1H3. The van der Waals surface area contributed by atoms with E-state index in [0.717, 1.165) is 56.9 Å². The average molecular weight is 557 g/mol. The van der Waals surface area contributed by atoms with Crippen LogP contribution in [0.4, 0.5) is 4.39 Å². The van der Waals surface area contributed by atoms with Crippen LogP contribution in [0.5, 0.6) is 5.75 Å².